The lowest BCUT2D eigenvalue weighted by Gasteiger charge is -2.17. The lowest BCUT2D eigenvalue weighted by molar-refractivity contribution is -0.122. The number of nitrogens with one attached hydrogen (secondary N) is 1. The van der Waals surface area contributed by atoms with Crippen LogP contribution in [-0.4, -0.2) is 21.2 Å². The highest BCUT2D eigenvalue weighted by Gasteiger charge is 2.17. The van der Waals surface area contributed by atoms with E-state index in [-0.39, 0.29) is 5.91 Å². The van der Waals surface area contributed by atoms with Crippen molar-refractivity contribution in [3.63, 3.8) is 0 Å². The van der Waals surface area contributed by atoms with Crippen LogP contribution in [0.1, 0.15) is 37.2 Å². The zero-order valence-electron chi connectivity index (χ0n) is 11.3. The lowest BCUT2D eigenvalue weighted by atomic mass is 10.0. The number of nitrogens with two attached hydrogens (primary N) is 1. The SMILES string of the molecule is Cc1nn(C)c(C)c1CNC(=O)CC(C)(C)N. The molecule has 0 aliphatic carbocycles. The Balaban J connectivity index is 2.59. The van der Waals surface area contributed by atoms with E-state index in [0.29, 0.717) is 13.0 Å². The predicted octanol–water partition coefficient (Wildman–Crippen LogP) is 0.781. The van der Waals surface area contributed by atoms with Crippen LogP contribution >= 0.6 is 0 Å². The number of nitrogens with zero attached hydrogens (tertiary/aromatic N) is 2. The smallest absolute Gasteiger partial charge is 0.222 e. The molecule has 0 fully saturated rings. The van der Waals surface area contributed by atoms with Crippen LogP contribution in [0.5, 0.6) is 0 Å². The van der Waals surface area contributed by atoms with Crippen LogP contribution in [0.4, 0.5) is 0 Å². The van der Waals surface area contributed by atoms with Gasteiger partial charge in [0.2, 0.25) is 5.91 Å². The second-order valence-corrected chi connectivity index (χ2v) is 5.22. The molecule has 0 radical (unpaired) electrons. The highest BCUT2D eigenvalue weighted by Crippen LogP contribution is 2.11. The van der Waals surface area contributed by atoms with Crippen molar-refractivity contribution in [3.8, 4) is 0 Å². The minimum Gasteiger partial charge on any atom is -0.352 e. The van der Waals surface area contributed by atoms with Gasteiger partial charge in [-0.2, -0.15) is 5.10 Å². The highest BCUT2D eigenvalue weighted by atomic mass is 16.1. The van der Waals surface area contributed by atoms with Gasteiger partial charge in [0.05, 0.1) is 5.69 Å². The number of hydrogen-bond acceptors (Lipinski definition) is 3. The van der Waals surface area contributed by atoms with Gasteiger partial charge in [0.1, 0.15) is 0 Å². The molecule has 0 saturated heterocycles. The van der Waals surface area contributed by atoms with Crippen molar-refractivity contribution in [2.45, 2.75) is 46.2 Å². The average molecular weight is 238 g/mol. The summed E-state index contributed by atoms with van der Waals surface area (Å²) in [6, 6.07) is 0. The zero-order chi connectivity index (χ0) is 13.2. The zero-order valence-corrected chi connectivity index (χ0v) is 11.3. The summed E-state index contributed by atoms with van der Waals surface area (Å²) in [6.07, 6.45) is 0.325. The Morgan fingerprint density at radius 1 is 1.47 bits per heavy atom. The van der Waals surface area contributed by atoms with Gasteiger partial charge in [-0.15, -0.1) is 0 Å². The number of aryl methyl sites for hydroxylation is 2. The van der Waals surface area contributed by atoms with Gasteiger partial charge in [-0.25, -0.2) is 0 Å². The first-order valence-electron chi connectivity index (χ1n) is 5.75. The first-order valence-corrected chi connectivity index (χ1v) is 5.75. The number of amides is 1. The monoisotopic (exact) mass is 238 g/mol. The number of aromatic nitrogens is 2. The summed E-state index contributed by atoms with van der Waals surface area (Å²) in [5.41, 5.74) is 8.44. The Morgan fingerprint density at radius 3 is 2.47 bits per heavy atom. The Bertz CT molecular complexity index is 415. The summed E-state index contributed by atoms with van der Waals surface area (Å²) >= 11 is 0. The van der Waals surface area contributed by atoms with Crippen molar-refractivity contribution in [3.05, 3.63) is 17.0 Å². The largest absolute Gasteiger partial charge is 0.352 e. The van der Waals surface area contributed by atoms with E-state index in [1.165, 1.54) is 0 Å². The molecular weight excluding hydrogens is 216 g/mol. The third kappa shape index (κ3) is 3.85. The molecule has 0 aromatic carbocycles. The molecule has 0 aliphatic rings. The van der Waals surface area contributed by atoms with E-state index in [2.05, 4.69) is 10.4 Å². The standard InChI is InChI=1S/C12H22N4O/c1-8-10(9(2)16(5)15-8)7-14-11(17)6-12(3,4)13/h6-7,13H2,1-5H3,(H,14,17). The maximum atomic E-state index is 11.6. The molecule has 5 nitrogen and oxygen atoms in total. The fourth-order valence-corrected chi connectivity index (χ4v) is 1.74. The molecule has 1 aromatic heterocycles. The lowest BCUT2D eigenvalue weighted by Crippen LogP contribution is -2.38. The van der Waals surface area contributed by atoms with E-state index < -0.39 is 5.54 Å². The number of rotatable bonds is 4. The molecule has 5 heteroatoms. The summed E-state index contributed by atoms with van der Waals surface area (Å²) in [7, 11) is 1.90. The maximum absolute atomic E-state index is 11.6. The summed E-state index contributed by atoms with van der Waals surface area (Å²) in [5.74, 6) is -0.0276. The van der Waals surface area contributed by atoms with Crippen molar-refractivity contribution in [1.29, 1.82) is 0 Å². The van der Waals surface area contributed by atoms with Gasteiger partial charge in [-0.1, -0.05) is 0 Å². The van der Waals surface area contributed by atoms with Crippen LogP contribution in [0.25, 0.3) is 0 Å². The minimum atomic E-state index is -0.469. The van der Waals surface area contributed by atoms with Gasteiger partial charge in [0, 0.05) is 36.8 Å². The number of carbonyl (C=O) groups excluding carboxylic acids is 1. The van der Waals surface area contributed by atoms with Gasteiger partial charge in [-0.3, -0.25) is 9.48 Å². The molecule has 17 heavy (non-hydrogen) atoms. The Labute approximate surface area is 102 Å². The molecule has 0 unspecified atom stereocenters. The summed E-state index contributed by atoms with van der Waals surface area (Å²) < 4.78 is 1.82. The molecule has 1 rings (SSSR count). The van der Waals surface area contributed by atoms with Crippen LogP contribution in [-0.2, 0) is 18.4 Å². The Hall–Kier alpha value is -1.36. The van der Waals surface area contributed by atoms with E-state index >= 15 is 0 Å². The number of hydrogen-bond donors (Lipinski definition) is 2. The first-order chi connectivity index (χ1) is 7.70. The second-order valence-electron chi connectivity index (χ2n) is 5.22. The maximum Gasteiger partial charge on any atom is 0.222 e. The van der Waals surface area contributed by atoms with Crippen LogP contribution in [0.2, 0.25) is 0 Å². The summed E-state index contributed by atoms with van der Waals surface area (Å²) in [4.78, 5) is 11.6. The average Bonchev–Trinajstić information content (AvgIpc) is 2.36. The predicted molar refractivity (Wildman–Crippen MR) is 67.4 cm³/mol. The molecule has 96 valence electrons. The van der Waals surface area contributed by atoms with Crippen LogP contribution in [0.15, 0.2) is 0 Å². The van der Waals surface area contributed by atoms with Gasteiger partial charge in [0.15, 0.2) is 0 Å². The molecule has 1 amide bonds. The third-order valence-corrected chi connectivity index (χ3v) is 2.74. The van der Waals surface area contributed by atoms with Crippen molar-refractivity contribution in [2.75, 3.05) is 0 Å². The minimum absolute atomic E-state index is 0.0276. The van der Waals surface area contributed by atoms with E-state index in [1.54, 1.807) is 0 Å². The molecule has 0 spiro atoms. The van der Waals surface area contributed by atoms with Crippen molar-refractivity contribution >= 4 is 5.91 Å². The normalized spacial score (nSPS) is 11.6. The fourth-order valence-electron chi connectivity index (χ4n) is 1.74. The molecule has 3 N–H and O–H groups in total. The molecule has 0 aliphatic heterocycles. The van der Waals surface area contributed by atoms with E-state index in [9.17, 15) is 4.79 Å². The van der Waals surface area contributed by atoms with E-state index in [4.69, 9.17) is 5.73 Å². The molecule has 0 atom stereocenters. The molecule has 1 aromatic rings. The van der Waals surface area contributed by atoms with E-state index in [0.717, 1.165) is 17.0 Å². The molecular formula is C12H22N4O. The Kier molecular flexibility index (Phi) is 3.93. The second kappa shape index (κ2) is 4.87. The van der Waals surface area contributed by atoms with Gasteiger partial charge in [0.25, 0.3) is 0 Å². The van der Waals surface area contributed by atoms with Gasteiger partial charge < -0.3 is 11.1 Å². The molecule has 0 bridgehead atoms. The van der Waals surface area contributed by atoms with Crippen molar-refractivity contribution in [1.82, 2.24) is 15.1 Å². The van der Waals surface area contributed by atoms with Gasteiger partial charge >= 0.3 is 0 Å². The Morgan fingerprint density at radius 2 is 2.06 bits per heavy atom. The highest BCUT2D eigenvalue weighted by molar-refractivity contribution is 5.77. The summed E-state index contributed by atoms with van der Waals surface area (Å²) in [5, 5.41) is 7.18. The van der Waals surface area contributed by atoms with Crippen molar-refractivity contribution < 1.29 is 4.79 Å². The van der Waals surface area contributed by atoms with Crippen LogP contribution in [0.3, 0.4) is 0 Å². The molecule has 0 saturated carbocycles. The van der Waals surface area contributed by atoms with Crippen molar-refractivity contribution in [2.24, 2.45) is 12.8 Å². The topological polar surface area (TPSA) is 72.9 Å². The van der Waals surface area contributed by atoms with Crippen LogP contribution in [0, 0.1) is 13.8 Å². The van der Waals surface area contributed by atoms with E-state index in [1.807, 2.05) is 39.4 Å². The fraction of sp³-hybridized carbons (Fsp3) is 0.667. The first kappa shape index (κ1) is 13.7. The third-order valence-electron chi connectivity index (χ3n) is 2.74. The quantitative estimate of drug-likeness (QED) is 0.814. The van der Waals surface area contributed by atoms with Gasteiger partial charge in [-0.05, 0) is 27.7 Å². The molecule has 1 heterocycles. The van der Waals surface area contributed by atoms with Crippen LogP contribution < -0.4 is 11.1 Å². The number of carbonyl (C=O) groups is 1. The summed E-state index contributed by atoms with van der Waals surface area (Å²) in [6.45, 7) is 8.14.